The number of hydrogen-bond acceptors (Lipinski definition) is 3. The van der Waals surface area contributed by atoms with Crippen molar-refractivity contribution in [2.24, 2.45) is 0 Å². The molecule has 0 saturated heterocycles. The second-order valence-corrected chi connectivity index (χ2v) is 5.21. The van der Waals surface area contributed by atoms with Gasteiger partial charge in [-0.1, -0.05) is 23.2 Å². The minimum Gasteiger partial charge on any atom is -0.463 e. The summed E-state index contributed by atoms with van der Waals surface area (Å²) in [7, 11) is 0. The van der Waals surface area contributed by atoms with E-state index in [1.165, 1.54) is 6.08 Å². The molecule has 110 valence electrons. The molecule has 0 amide bonds. The Bertz CT molecular complexity index is 693. The first-order valence-corrected chi connectivity index (χ1v) is 7.12. The fourth-order valence-electron chi connectivity index (χ4n) is 1.92. The maximum atomic E-state index is 11.5. The first-order valence-electron chi connectivity index (χ1n) is 6.37. The quantitative estimate of drug-likeness (QED) is 0.671. The van der Waals surface area contributed by atoms with Crippen LogP contribution in [-0.4, -0.2) is 22.8 Å². The normalized spacial score (nSPS) is 11.5. The predicted molar refractivity (Wildman–Crippen MR) is 84.3 cm³/mol. The van der Waals surface area contributed by atoms with Gasteiger partial charge in [0.2, 0.25) is 0 Å². The number of hydrogen-bond donors (Lipinski definition) is 1. The molecule has 1 aromatic carbocycles. The summed E-state index contributed by atoms with van der Waals surface area (Å²) in [6.07, 6.45) is 3.08. The second kappa shape index (κ2) is 6.78. The maximum Gasteiger partial charge on any atom is 0.331 e. The molecule has 0 spiro atoms. The SMILES string of the molecule is CCOC(=O)/C=C(/C)c1cn[nH]c1-c1ccc(Cl)cc1Cl. The number of esters is 1. The van der Waals surface area contributed by atoms with Crippen LogP contribution in [0.2, 0.25) is 10.0 Å². The standard InChI is InChI=1S/C15H14Cl2N2O2/c1-3-21-14(20)6-9(2)12-8-18-19-15(12)11-5-4-10(16)7-13(11)17/h4-8H,3H2,1-2H3,(H,18,19)/b9-6-. The molecule has 0 fully saturated rings. The fraction of sp³-hybridized carbons (Fsp3) is 0.200. The van der Waals surface area contributed by atoms with E-state index >= 15 is 0 Å². The third-order valence-corrected chi connectivity index (χ3v) is 3.43. The average Bonchev–Trinajstić information content (AvgIpc) is 2.88. The topological polar surface area (TPSA) is 55.0 Å². The predicted octanol–water partition coefficient (Wildman–Crippen LogP) is 4.35. The van der Waals surface area contributed by atoms with Crippen molar-refractivity contribution in [3.8, 4) is 11.3 Å². The van der Waals surface area contributed by atoms with E-state index in [2.05, 4.69) is 10.2 Å². The maximum absolute atomic E-state index is 11.5. The number of benzene rings is 1. The average molecular weight is 325 g/mol. The number of aromatic amines is 1. The van der Waals surface area contributed by atoms with Crippen LogP contribution in [0.25, 0.3) is 16.8 Å². The second-order valence-electron chi connectivity index (χ2n) is 4.36. The van der Waals surface area contributed by atoms with E-state index in [1.54, 1.807) is 31.3 Å². The Balaban J connectivity index is 2.41. The highest BCUT2D eigenvalue weighted by atomic mass is 35.5. The molecule has 2 aromatic rings. The number of rotatable bonds is 4. The van der Waals surface area contributed by atoms with Crippen molar-refractivity contribution in [3.05, 3.63) is 46.1 Å². The van der Waals surface area contributed by atoms with Crippen LogP contribution in [0.1, 0.15) is 19.4 Å². The van der Waals surface area contributed by atoms with Gasteiger partial charge < -0.3 is 4.74 Å². The molecule has 21 heavy (non-hydrogen) atoms. The number of nitrogens with zero attached hydrogens (tertiary/aromatic N) is 1. The molecule has 0 aliphatic rings. The van der Waals surface area contributed by atoms with Gasteiger partial charge in [-0.3, -0.25) is 5.10 Å². The van der Waals surface area contributed by atoms with Crippen LogP contribution in [0.5, 0.6) is 0 Å². The van der Waals surface area contributed by atoms with Gasteiger partial charge in [0.25, 0.3) is 0 Å². The molecule has 1 aromatic heterocycles. The summed E-state index contributed by atoms with van der Waals surface area (Å²) in [5.41, 5.74) is 3.02. The zero-order chi connectivity index (χ0) is 15.4. The Hall–Kier alpha value is -1.78. The number of H-pyrrole nitrogens is 1. The summed E-state index contributed by atoms with van der Waals surface area (Å²) >= 11 is 12.1. The van der Waals surface area contributed by atoms with E-state index in [4.69, 9.17) is 27.9 Å². The van der Waals surface area contributed by atoms with Crippen LogP contribution in [0.4, 0.5) is 0 Å². The third-order valence-electron chi connectivity index (χ3n) is 2.89. The van der Waals surface area contributed by atoms with Gasteiger partial charge in [0.05, 0.1) is 23.5 Å². The zero-order valence-electron chi connectivity index (χ0n) is 11.6. The van der Waals surface area contributed by atoms with E-state index in [-0.39, 0.29) is 5.97 Å². The Morgan fingerprint density at radius 2 is 2.19 bits per heavy atom. The van der Waals surface area contributed by atoms with Crippen molar-refractivity contribution in [1.29, 1.82) is 0 Å². The minimum atomic E-state index is -0.385. The lowest BCUT2D eigenvalue weighted by Gasteiger charge is -2.06. The van der Waals surface area contributed by atoms with Crippen molar-refractivity contribution in [2.75, 3.05) is 6.61 Å². The summed E-state index contributed by atoms with van der Waals surface area (Å²) in [5, 5.41) is 7.99. The van der Waals surface area contributed by atoms with Crippen molar-refractivity contribution in [2.45, 2.75) is 13.8 Å². The number of halogens is 2. The molecule has 0 saturated carbocycles. The van der Waals surface area contributed by atoms with Gasteiger partial charge in [-0.15, -0.1) is 0 Å². The Morgan fingerprint density at radius 3 is 2.86 bits per heavy atom. The van der Waals surface area contributed by atoms with Crippen LogP contribution in [0.3, 0.4) is 0 Å². The molecule has 0 bridgehead atoms. The molecule has 1 heterocycles. The molecule has 6 heteroatoms. The van der Waals surface area contributed by atoms with Gasteiger partial charge in [-0.25, -0.2) is 4.79 Å². The van der Waals surface area contributed by atoms with Crippen molar-refractivity contribution < 1.29 is 9.53 Å². The van der Waals surface area contributed by atoms with Gasteiger partial charge in [0, 0.05) is 22.2 Å². The highest BCUT2D eigenvalue weighted by Crippen LogP contribution is 2.33. The molecular weight excluding hydrogens is 311 g/mol. The molecule has 0 aliphatic heterocycles. The Morgan fingerprint density at radius 1 is 1.43 bits per heavy atom. The first kappa shape index (κ1) is 15.6. The van der Waals surface area contributed by atoms with Gasteiger partial charge in [-0.2, -0.15) is 5.10 Å². The van der Waals surface area contributed by atoms with E-state index in [0.29, 0.717) is 16.7 Å². The molecule has 4 nitrogen and oxygen atoms in total. The fourth-order valence-corrected chi connectivity index (χ4v) is 2.42. The summed E-state index contributed by atoms with van der Waals surface area (Å²) in [6, 6.07) is 5.21. The first-order chi connectivity index (χ1) is 10.0. The zero-order valence-corrected chi connectivity index (χ0v) is 13.1. The number of carbonyl (C=O) groups is 1. The monoisotopic (exact) mass is 324 g/mol. The third kappa shape index (κ3) is 3.65. The summed E-state index contributed by atoms with van der Waals surface area (Å²) < 4.78 is 4.91. The minimum absolute atomic E-state index is 0.337. The molecule has 0 unspecified atom stereocenters. The molecule has 0 aliphatic carbocycles. The van der Waals surface area contributed by atoms with Gasteiger partial charge in [0.1, 0.15) is 0 Å². The molecule has 1 N–H and O–H groups in total. The van der Waals surface area contributed by atoms with Crippen LogP contribution in [0, 0.1) is 0 Å². The number of aromatic nitrogens is 2. The van der Waals surface area contributed by atoms with Gasteiger partial charge in [0.15, 0.2) is 0 Å². The van der Waals surface area contributed by atoms with E-state index in [0.717, 1.165) is 22.4 Å². The molecular formula is C15H14Cl2N2O2. The molecule has 2 rings (SSSR count). The van der Waals surface area contributed by atoms with E-state index in [1.807, 2.05) is 6.92 Å². The van der Waals surface area contributed by atoms with Crippen molar-refractivity contribution >= 4 is 34.7 Å². The lowest BCUT2D eigenvalue weighted by Crippen LogP contribution is -2.00. The smallest absolute Gasteiger partial charge is 0.331 e. The van der Waals surface area contributed by atoms with Crippen LogP contribution < -0.4 is 0 Å². The van der Waals surface area contributed by atoms with Crippen LogP contribution in [-0.2, 0) is 9.53 Å². The van der Waals surface area contributed by atoms with Crippen LogP contribution in [0.15, 0.2) is 30.5 Å². The van der Waals surface area contributed by atoms with E-state index in [9.17, 15) is 4.79 Å². The van der Waals surface area contributed by atoms with Crippen molar-refractivity contribution in [3.63, 3.8) is 0 Å². The van der Waals surface area contributed by atoms with Crippen molar-refractivity contribution in [1.82, 2.24) is 10.2 Å². The number of allylic oxidation sites excluding steroid dienone is 1. The Labute approximate surface area is 132 Å². The lowest BCUT2D eigenvalue weighted by molar-refractivity contribution is -0.137. The number of nitrogens with one attached hydrogen (secondary N) is 1. The largest absolute Gasteiger partial charge is 0.463 e. The van der Waals surface area contributed by atoms with E-state index < -0.39 is 0 Å². The van der Waals surface area contributed by atoms with Crippen LogP contribution >= 0.6 is 23.2 Å². The summed E-state index contributed by atoms with van der Waals surface area (Å²) in [5.74, 6) is -0.385. The summed E-state index contributed by atoms with van der Waals surface area (Å²) in [6.45, 7) is 3.91. The Kier molecular flexibility index (Phi) is 5.04. The molecule has 0 atom stereocenters. The molecule has 0 radical (unpaired) electrons. The lowest BCUT2D eigenvalue weighted by atomic mass is 10.0. The summed E-state index contributed by atoms with van der Waals surface area (Å²) in [4.78, 5) is 11.5. The van der Waals surface area contributed by atoms with Gasteiger partial charge in [-0.05, 0) is 37.6 Å². The highest BCUT2D eigenvalue weighted by Gasteiger charge is 2.13. The number of carbonyl (C=O) groups excluding carboxylic acids is 1. The number of ether oxygens (including phenoxy) is 1. The highest BCUT2D eigenvalue weighted by molar-refractivity contribution is 6.36. The van der Waals surface area contributed by atoms with Gasteiger partial charge >= 0.3 is 5.97 Å².